The zero-order valence-corrected chi connectivity index (χ0v) is 7.88. The van der Waals surface area contributed by atoms with Crippen molar-refractivity contribution in [1.29, 1.82) is 0 Å². The Hall–Kier alpha value is -0.690. The van der Waals surface area contributed by atoms with Crippen LogP contribution in [0.25, 0.3) is 0 Å². The largest absolute Gasteiger partial charge is 0.388 e. The van der Waals surface area contributed by atoms with Crippen molar-refractivity contribution >= 4 is 5.91 Å². The van der Waals surface area contributed by atoms with Crippen molar-refractivity contribution < 1.29 is 24.9 Å². The molecule has 0 aliphatic carbocycles. The third-order valence-corrected chi connectivity index (χ3v) is 2.13. The number of nitrogens with one attached hydrogen (secondary N) is 1. The summed E-state index contributed by atoms with van der Waals surface area (Å²) in [6, 6.07) is 0. The van der Waals surface area contributed by atoms with Crippen LogP contribution in [0.2, 0.25) is 0 Å². The first-order chi connectivity index (χ1) is 6.56. The topological polar surface area (TPSA) is 99.0 Å². The van der Waals surface area contributed by atoms with Gasteiger partial charge in [-0.25, -0.2) is 0 Å². The van der Waals surface area contributed by atoms with Gasteiger partial charge in [0.2, 0.25) is 5.91 Å². The van der Waals surface area contributed by atoms with Gasteiger partial charge < -0.3 is 25.4 Å². The van der Waals surface area contributed by atoms with Crippen LogP contribution in [0.1, 0.15) is 13.3 Å². The Bertz CT molecular complexity index is 210. The highest BCUT2D eigenvalue weighted by Gasteiger charge is 2.37. The van der Waals surface area contributed by atoms with Crippen molar-refractivity contribution in [1.82, 2.24) is 5.32 Å². The molecule has 0 saturated carbocycles. The molecule has 6 heteroatoms. The Morgan fingerprint density at radius 1 is 1.43 bits per heavy atom. The third kappa shape index (κ3) is 2.42. The van der Waals surface area contributed by atoms with Crippen LogP contribution in [0.3, 0.4) is 0 Å². The average molecular weight is 205 g/mol. The normalized spacial score (nSPS) is 38.0. The summed E-state index contributed by atoms with van der Waals surface area (Å²) in [6.45, 7) is 1.56. The number of aliphatic hydroxyl groups is 3. The van der Waals surface area contributed by atoms with Gasteiger partial charge >= 0.3 is 0 Å². The molecule has 1 fully saturated rings. The molecule has 82 valence electrons. The molecule has 0 aromatic carbocycles. The first-order valence-corrected chi connectivity index (χ1v) is 4.51. The first kappa shape index (κ1) is 11.4. The Morgan fingerprint density at radius 3 is 2.64 bits per heavy atom. The molecule has 1 amide bonds. The standard InChI is InChI=1S/C8H15NO5/c1-2-5(11)9-8-7(13)6(12)4(10)3-14-8/h4,6-8,10,12-13H,2-3H2,1H3,(H,9,11)/t4-,6+,7-,8-/m1/s1. The molecule has 0 bridgehead atoms. The molecule has 1 aliphatic rings. The second-order valence-corrected chi connectivity index (χ2v) is 3.22. The maximum atomic E-state index is 11.0. The molecule has 0 spiro atoms. The van der Waals surface area contributed by atoms with Gasteiger partial charge in [-0.15, -0.1) is 0 Å². The molecule has 1 saturated heterocycles. The number of ether oxygens (including phenoxy) is 1. The minimum Gasteiger partial charge on any atom is -0.388 e. The SMILES string of the molecule is CCC(=O)N[C@@H]1OC[C@@H](O)[C@H](O)[C@H]1O. The maximum absolute atomic E-state index is 11.0. The van der Waals surface area contributed by atoms with Gasteiger partial charge in [-0.3, -0.25) is 4.79 Å². The lowest BCUT2D eigenvalue weighted by Gasteiger charge is -2.35. The van der Waals surface area contributed by atoms with Crippen LogP contribution in [0, 0.1) is 0 Å². The minimum absolute atomic E-state index is 0.104. The second kappa shape index (κ2) is 4.70. The zero-order valence-electron chi connectivity index (χ0n) is 7.88. The van der Waals surface area contributed by atoms with Gasteiger partial charge in [-0.2, -0.15) is 0 Å². The van der Waals surface area contributed by atoms with Crippen molar-refractivity contribution in [2.24, 2.45) is 0 Å². The molecule has 4 atom stereocenters. The Morgan fingerprint density at radius 2 is 2.07 bits per heavy atom. The Labute approximate surface area is 81.5 Å². The van der Waals surface area contributed by atoms with Crippen LogP contribution >= 0.6 is 0 Å². The molecular formula is C8H15NO5. The average Bonchev–Trinajstić information content (AvgIpc) is 2.19. The monoisotopic (exact) mass is 205 g/mol. The number of amides is 1. The fourth-order valence-corrected chi connectivity index (χ4v) is 1.19. The molecule has 1 rings (SSSR count). The Kier molecular flexibility index (Phi) is 3.82. The number of carbonyl (C=O) groups excluding carboxylic acids is 1. The molecule has 0 aromatic heterocycles. The molecule has 0 unspecified atom stereocenters. The fraction of sp³-hybridized carbons (Fsp3) is 0.875. The molecule has 6 nitrogen and oxygen atoms in total. The summed E-state index contributed by atoms with van der Waals surface area (Å²) in [5.41, 5.74) is 0. The third-order valence-electron chi connectivity index (χ3n) is 2.13. The zero-order chi connectivity index (χ0) is 10.7. The summed E-state index contributed by atoms with van der Waals surface area (Å²) in [4.78, 5) is 11.0. The van der Waals surface area contributed by atoms with Crippen molar-refractivity contribution in [3.63, 3.8) is 0 Å². The van der Waals surface area contributed by atoms with Gasteiger partial charge in [0.15, 0.2) is 6.23 Å². The van der Waals surface area contributed by atoms with E-state index in [2.05, 4.69) is 5.32 Å². The van der Waals surface area contributed by atoms with Gasteiger partial charge in [-0.1, -0.05) is 6.92 Å². The van der Waals surface area contributed by atoms with E-state index in [1.165, 1.54) is 0 Å². The molecule has 0 radical (unpaired) electrons. The van der Waals surface area contributed by atoms with E-state index in [4.69, 9.17) is 9.84 Å². The smallest absolute Gasteiger partial charge is 0.221 e. The van der Waals surface area contributed by atoms with Crippen molar-refractivity contribution in [3.8, 4) is 0 Å². The summed E-state index contributed by atoms with van der Waals surface area (Å²) in [6.07, 6.45) is -4.37. The predicted molar refractivity (Wildman–Crippen MR) is 46.2 cm³/mol. The lowest BCUT2D eigenvalue weighted by atomic mass is 10.0. The lowest BCUT2D eigenvalue weighted by molar-refractivity contribution is -0.196. The number of aliphatic hydroxyl groups excluding tert-OH is 3. The van der Waals surface area contributed by atoms with Crippen LogP contribution in [0.15, 0.2) is 0 Å². The molecule has 14 heavy (non-hydrogen) atoms. The minimum atomic E-state index is -1.30. The summed E-state index contributed by atoms with van der Waals surface area (Å²) >= 11 is 0. The first-order valence-electron chi connectivity index (χ1n) is 4.51. The van der Waals surface area contributed by atoms with E-state index in [1.807, 2.05) is 0 Å². The second-order valence-electron chi connectivity index (χ2n) is 3.22. The van der Waals surface area contributed by atoms with Crippen LogP contribution in [-0.4, -0.2) is 52.4 Å². The lowest BCUT2D eigenvalue weighted by Crippen LogP contribution is -2.58. The van der Waals surface area contributed by atoms with Crippen molar-refractivity contribution in [3.05, 3.63) is 0 Å². The van der Waals surface area contributed by atoms with E-state index in [0.29, 0.717) is 0 Å². The highest BCUT2D eigenvalue weighted by molar-refractivity contribution is 5.75. The van der Waals surface area contributed by atoms with Gasteiger partial charge in [0.1, 0.15) is 18.3 Å². The molecule has 0 aromatic rings. The van der Waals surface area contributed by atoms with Crippen LogP contribution in [0.4, 0.5) is 0 Å². The highest BCUT2D eigenvalue weighted by Crippen LogP contribution is 2.13. The Balaban J connectivity index is 2.50. The number of hydrogen-bond donors (Lipinski definition) is 4. The van der Waals surface area contributed by atoms with E-state index in [0.717, 1.165) is 0 Å². The van der Waals surface area contributed by atoms with Gasteiger partial charge in [0.05, 0.1) is 6.61 Å². The maximum Gasteiger partial charge on any atom is 0.221 e. The van der Waals surface area contributed by atoms with E-state index in [1.54, 1.807) is 6.92 Å². The van der Waals surface area contributed by atoms with Crippen LogP contribution < -0.4 is 5.32 Å². The summed E-state index contributed by atoms with van der Waals surface area (Å²) in [7, 11) is 0. The van der Waals surface area contributed by atoms with Gasteiger partial charge in [0.25, 0.3) is 0 Å². The summed E-state index contributed by atoms with van der Waals surface area (Å²) < 4.78 is 4.95. The molecule has 1 aliphatic heterocycles. The van der Waals surface area contributed by atoms with Crippen molar-refractivity contribution in [2.75, 3.05) is 6.61 Å². The summed E-state index contributed by atoms with van der Waals surface area (Å²) in [5, 5.41) is 30.2. The predicted octanol–water partition coefficient (Wildman–Crippen LogP) is -2.05. The quantitative estimate of drug-likeness (QED) is 0.416. The number of hydrogen-bond acceptors (Lipinski definition) is 5. The van der Waals surface area contributed by atoms with Gasteiger partial charge in [-0.05, 0) is 0 Å². The number of rotatable bonds is 2. The van der Waals surface area contributed by atoms with Crippen LogP contribution in [-0.2, 0) is 9.53 Å². The fourth-order valence-electron chi connectivity index (χ4n) is 1.19. The van der Waals surface area contributed by atoms with E-state index in [9.17, 15) is 15.0 Å². The van der Waals surface area contributed by atoms with Crippen molar-refractivity contribution in [2.45, 2.75) is 37.9 Å². The molecule has 4 N–H and O–H groups in total. The van der Waals surface area contributed by atoms with Gasteiger partial charge in [0, 0.05) is 6.42 Å². The molecular weight excluding hydrogens is 190 g/mol. The van der Waals surface area contributed by atoms with Crippen LogP contribution in [0.5, 0.6) is 0 Å². The number of carbonyl (C=O) groups is 1. The summed E-state index contributed by atoms with van der Waals surface area (Å²) in [5.74, 6) is -0.280. The molecule has 1 heterocycles. The van der Waals surface area contributed by atoms with E-state index in [-0.39, 0.29) is 18.9 Å². The highest BCUT2D eigenvalue weighted by atomic mass is 16.5. The van der Waals surface area contributed by atoms with E-state index >= 15 is 0 Å². The van der Waals surface area contributed by atoms with E-state index < -0.39 is 24.5 Å².